The summed E-state index contributed by atoms with van der Waals surface area (Å²) in [6, 6.07) is 8.35. The van der Waals surface area contributed by atoms with Crippen LogP contribution in [0.2, 0.25) is 0 Å². The van der Waals surface area contributed by atoms with Crippen LogP contribution in [0.1, 0.15) is 25.0 Å². The van der Waals surface area contributed by atoms with Crippen molar-refractivity contribution in [3.05, 3.63) is 47.5 Å². The Labute approximate surface area is 189 Å². The second kappa shape index (κ2) is 8.84. The number of nitrogens with one attached hydrogen (secondary N) is 1. The minimum Gasteiger partial charge on any atom is -0.497 e. The Morgan fingerprint density at radius 1 is 1.09 bits per heavy atom. The van der Waals surface area contributed by atoms with Gasteiger partial charge in [0, 0.05) is 38.3 Å². The van der Waals surface area contributed by atoms with Crippen LogP contribution in [0.25, 0.3) is 0 Å². The predicted molar refractivity (Wildman–Crippen MR) is 118 cm³/mol. The van der Waals surface area contributed by atoms with Crippen LogP contribution < -0.4 is 14.8 Å². The van der Waals surface area contributed by atoms with Crippen LogP contribution in [0.15, 0.2) is 41.4 Å². The molecule has 1 fully saturated rings. The highest BCUT2D eigenvalue weighted by Crippen LogP contribution is 2.42. The Morgan fingerprint density at radius 2 is 1.82 bits per heavy atom. The molecule has 2 aliphatic heterocycles. The molecule has 0 saturated carbocycles. The summed E-state index contributed by atoms with van der Waals surface area (Å²) in [4.78, 5) is 20.6. The van der Waals surface area contributed by atoms with Crippen LogP contribution in [-0.2, 0) is 6.18 Å². The van der Waals surface area contributed by atoms with Gasteiger partial charge in [0.2, 0.25) is 0 Å². The molecule has 2 aromatic carbocycles. The number of nitrogens with zero attached hydrogens (tertiary/aromatic N) is 3. The smallest absolute Gasteiger partial charge is 0.416 e. The zero-order chi connectivity index (χ0) is 23.8. The number of amides is 2. The number of aliphatic imine (C=N–C) groups is 1. The van der Waals surface area contributed by atoms with Crippen LogP contribution in [-0.4, -0.2) is 61.0 Å². The normalized spacial score (nSPS) is 15.8. The van der Waals surface area contributed by atoms with E-state index in [9.17, 15) is 18.0 Å². The molecule has 1 saturated heterocycles. The zero-order valence-corrected chi connectivity index (χ0v) is 18.6. The van der Waals surface area contributed by atoms with Crippen LogP contribution in [0.3, 0.4) is 0 Å². The molecule has 2 amide bonds. The molecule has 0 atom stereocenters. The van der Waals surface area contributed by atoms with E-state index < -0.39 is 11.7 Å². The summed E-state index contributed by atoms with van der Waals surface area (Å²) in [7, 11) is 1.53. The lowest BCUT2D eigenvalue weighted by Crippen LogP contribution is -2.54. The van der Waals surface area contributed by atoms with E-state index in [1.807, 2.05) is 18.7 Å². The van der Waals surface area contributed by atoms with Crippen molar-refractivity contribution in [2.45, 2.75) is 26.1 Å². The molecule has 0 bridgehead atoms. The van der Waals surface area contributed by atoms with E-state index in [1.165, 1.54) is 13.2 Å². The van der Waals surface area contributed by atoms with Gasteiger partial charge < -0.3 is 24.6 Å². The van der Waals surface area contributed by atoms with E-state index in [2.05, 4.69) is 10.3 Å². The molecule has 10 heteroatoms. The average Bonchev–Trinajstić information content (AvgIpc) is 2.93. The van der Waals surface area contributed by atoms with E-state index >= 15 is 0 Å². The second-order valence-corrected chi connectivity index (χ2v) is 8.16. The summed E-state index contributed by atoms with van der Waals surface area (Å²) in [5, 5.41) is 2.88. The van der Waals surface area contributed by atoms with Crippen molar-refractivity contribution < 1.29 is 27.4 Å². The molecule has 0 aliphatic carbocycles. The SMILES string of the molecule is COc1ccc2c(c1)Oc1ccc(C(F)(F)F)cc1N=C2N1CCN(C(=O)NC(C)C)CC1. The number of hydrogen-bond acceptors (Lipinski definition) is 5. The van der Waals surface area contributed by atoms with E-state index in [1.54, 1.807) is 23.1 Å². The largest absolute Gasteiger partial charge is 0.497 e. The van der Waals surface area contributed by atoms with Crippen LogP contribution in [0, 0.1) is 0 Å². The van der Waals surface area contributed by atoms with Crippen LogP contribution in [0.5, 0.6) is 17.2 Å². The highest BCUT2D eigenvalue weighted by atomic mass is 19.4. The van der Waals surface area contributed by atoms with Gasteiger partial charge in [-0.25, -0.2) is 9.79 Å². The van der Waals surface area contributed by atoms with Gasteiger partial charge in [-0.05, 0) is 44.2 Å². The highest BCUT2D eigenvalue weighted by Gasteiger charge is 2.33. The number of halogens is 3. The number of rotatable bonds is 2. The standard InChI is InChI=1S/C23H25F3N4O3/c1-14(2)27-22(31)30-10-8-29(9-11-30)21-17-6-5-16(32-3)13-20(17)33-19-7-4-15(23(24,25)26)12-18(19)28-21/h4-7,12-14H,8-11H2,1-3H3,(H,27,31). The molecule has 0 radical (unpaired) electrons. The van der Waals surface area contributed by atoms with Crippen molar-refractivity contribution in [2.75, 3.05) is 33.3 Å². The summed E-state index contributed by atoms with van der Waals surface area (Å²) >= 11 is 0. The molecule has 4 rings (SSSR count). The number of carbonyl (C=O) groups excluding carboxylic acids is 1. The summed E-state index contributed by atoms with van der Waals surface area (Å²) in [6.45, 7) is 5.66. The number of carbonyl (C=O) groups is 1. The Hall–Kier alpha value is -3.43. The summed E-state index contributed by atoms with van der Waals surface area (Å²) in [6.07, 6.45) is -4.50. The van der Waals surface area contributed by atoms with Crippen LogP contribution in [0.4, 0.5) is 23.7 Å². The molecule has 1 N–H and O–H groups in total. The summed E-state index contributed by atoms with van der Waals surface area (Å²) in [5.41, 5.74) is -0.0673. The predicted octanol–water partition coefficient (Wildman–Crippen LogP) is 4.63. The van der Waals surface area contributed by atoms with Gasteiger partial charge in [0.1, 0.15) is 23.0 Å². The van der Waals surface area contributed by atoms with Gasteiger partial charge >= 0.3 is 12.2 Å². The lowest BCUT2D eigenvalue weighted by Gasteiger charge is -2.36. The van der Waals surface area contributed by atoms with E-state index in [0.29, 0.717) is 49.1 Å². The summed E-state index contributed by atoms with van der Waals surface area (Å²) in [5.74, 6) is 1.71. The van der Waals surface area contributed by atoms with Crippen molar-refractivity contribution in [2.24, 2.45) is 4.99 Å². The number of piperazine rings is 1. The van der Waals surface area contributed by atoms with E-state index in [4.69, 9.17) is 9.47 Å². The molecule has 0 unspecified atom stereocenters. The maximum Gasteiger partial charge on any atom is 0.416 e. The highest BCUT2D eigenvalue weighted by molar-refractivity contribution is 6.04. The zero-order valence-electron chi connectivity index (χ0n) is 18.6. The molecule has 0 spiro atoms. The van der Waals surface area contributed by atoms with Crippen molar-refractivity contribution in [1.29, 1.82) is 0 Å². The first-order valence-corrected chi connectivity index (χ1v) is 10.6. The average molecular weight is 462 g/mol. The first kappa shape index (κ1) is 22.8. The molecule has 33 heavy (non-hydrogen) atoms. The van der Waals surface area contributed by atoms with Crippen molar-refractivity contribution in [3.63, 3.8) is 0 Å². The number of fused-ring (bicyclic) bond motifs is 2. The Bertz CT molecular complexity index is 1080. The van der Waals surface area contributed by atoms with Crippen molar-refractivity contribution in [3.8, 4) is 17.2 Å². The topological polar surface area (TPSA) is 66.4 Å². The fourth-order valence-corrected chi connectivity index (χ4v) is 3.76. The van der Waals surface area contributed by atoms with E-state index in [-0.39, 0.29) is 23.5 Å². The fraction of sp³-hybridized carbons (Fsp3) is 0.391. The maximum absolute atomic E-state index is 13.3. The third-order valence-electron chi connectivity index (χ3n) is 5.44. The Morgan fingerprint density at radius 3 is 2.45 bits per heavy atom. The van der Waals surface area contributed by atoms with Gasteiger partial charge in [0.25, 0.3) is 0 Å². The van der Waals surface area contributed by atoms with E-state index in [0.717, 1.165) is 12.1 Å². The van der Waals surface area contributed by atoms with Gasteiger partial charge in [-0.2, -0.15) is 13.2 Å². The van der Waals surface area contributed by atoms with Gasteiger partial charge in [0.05, 0.1) is 18.2 Å². The monoisotopic (exact) mass is 462 g/mol. The minimum atomic E-state index is -4.50. The van der Waals surface area contributed by atoms with Crippen molar-refractivity contribution in [1.82, 2.24) is 15.1 Å². The quantitative estimate of drug-likeness (QED) is 0.707. The molecular weight excluding hydrogens is 437 g/mol. The number of ether oxygens (including phenoxy) is 2. The Balaban J connectivity index is 1.70. The third kappa shape index (κ3) is 4.84. The maximum atomic E-state index is 13.3. The molecule has 0 aromatic heterocycles. The number of amidine groups is 1. The number of benzene rings is 2. The lowest BCUT2D eigenvalue weighted by molar-refractivity contribution is -0.137. The third-order valence-corrected chi connectivity index (χ3v) is 5.44. The molecular formula is C23H25F3N4O3. The minimum absolute atomic E-state index is 0.0279. The van der Waals surface area contributed by atoms with Gasteiger partial charge in [0.15, 0.2) is 5.75 Å². The first-order chi connectivity index (χ1) is 15.7. The molecule has 7 nitrogen and oxygen atoms in total. The molecule has 176 valence electrons. The van der Waals surface area contributed by atoms with Gasteiger partial charge in [-0.3, -0.25) is 0 Å². The molecule has 2 aliphatic rings. The number of methoxy groups -OCH3 is 1. The van der Waals surface area contributed by atoms with Gasteiger partial charge in [-0.15, -0.1) is 0 Å². The Kier molecular flexibility index (Phi) is 6.09. The number of hydrogen-bond donors (Lipinski definition) is 1. The summed E-state index contributed by atoms with van der Waals surface area (Å²) < 4.78 is 51.2. The van der Waals surface area contributed by atoms with Gasteiger partial charge in [-0.1, -0.05) is 0 Å². The number of urea groups is 1. The van der Waals surface area contributed by atoms with Crippen molar-refractivity contribution >= 4 is 17.6 Å². The molecule has 2 aromatic rings. The second-order valence-electron chi connectivity index (χ2n) is 8.16. The van der Waals surface area contributed by atoms with Crippen LogP contribution >= 0.6 is 0 Å². The lowest BCUT2D eigenvalue weighted by atomic mass is 10.1. The molecule has 2 heterocycles. The first-order valence-electron chi connectivity index (χ1n) is 10.6. The number of alkyl halides is 3. The fourth-order valence-electron chi connectivity index (χ4n) is 3.76.